The van der Waals surface area contributed by atoms with Gasteiger partial charge in [0.05, 0.1) is 16.1 Å². The predicted octanol–water partition coefficient (Wildman–Crippen LogP) is 3.13. The van der Waals surface area contributed by atoms with Crippen molar-refractivity contribution in [2.24, 2.45) is 0 Å². The molecule has 0 heterocycles. The number of hydrogen-bond acceptors (Lipinski definition) is 5. The van der Waals surface area contributed by atoms with Crippen molar-refractivity contribution in [2.75, 3.05) is 18.5 Å². The Kier molecular flexibility index (Phi) is 7.45. The van der Waals surface area contributed by atoms with Crippen LogP contribution in [0.2, 0.25) is 5.02 Å². The second-order valence-corrected chi connectivity index (χ2v) is 8.24. The van der Waals surface area contributed by atoms with Crippen molar-refractivity contribution < 1.29 is 35.9 Å². The Balaban J connectivity index is 1.90. The first kappa shape index (κ1) is 23.6. The van der Waals surface area contributed by atoms with E-state index in [2.05, 4.69) is 4.74 Å². The summed E-state index contributed by atoms with van der Waals surface area (Å²) in [7, 11) is -3.97. The molecule has 30 heavy (non-hydrogen) atoms. The third-order valence-corrected chi connectivity index (χ3v) is 5.32. The molecule has 162 valence electrons. The fourth-order valence-corrected chi connectivity index (χ4v) is 3.34. The average Bonchev–Trinajstić information content (AvgIpc) is 2.66. The summed E-state index contributed by atoms with van der Waals surface area (Å²) in [6.45, 7) is 0.0944. The van der Waals surface area contributed by atoms with E-state index < -0.39 is 52.5 Å². The monoisotopic (exact) mass is 464 g/mol. The van der Waals surface area contributed by atoms with Crippen molar-refractivity contribution in [2.45, 2.75) is 18.0 Å². The van der Waals surface area contributed by atoms with Crippen LogP contribution in [0.3, 0.4) is 0 Å². The van der Waals surface area contributed by atoms with Crippen LogP contribution < -0.4 is 10.0 Å². The summed E-state index contributed by atoms with van der Waals surface area (Å²) in [6.07, 6.45) is -4.77. The van der Waals surface area contributed by atoms with Gasteiger partial charge in [0.15, 0.2) is 6.61 Å². The molecular weight excluding hydrogens is 449 g/mol. The minimum absolute atomic E-state index is 0.0685. The molecule has 0 fully saturated rings. The largest absolute Gasteiger partial charge is 0.455 e. The smallest absolute Gasteiger partial charge is 0.418 e. The van der Waals surface area contributed by atoms with Crippen LogP contribution in [-0.4, -0.2) is 33.4 Å². The van der Waals surface area contributed by atoms with Crippen LogP contribution in [0.15, 0.2) is 47.4 Å². The van der Waals surface area contributed by atoms with E-state index in [9.17, 15) is 31.2 Å². The molecule has 0 saturated carbocycles. The van der Waals surface area contributed by atoms with Gasteiger partial charge < -0.3 is 10.1 Å². The molecule has 0 aromatic heterocycles. The van der Waals surface area contributed by atoms with Crippen LogP contribution in [0.5, 0.6) is 0 Å². The van der Waals surface area contributed by atoms with E-state index in [4.69, 9.17) is 11.6 Å². The summed E-state index contributed by atoms with van der Waals surface area (Å²) >= 11 is 5.55. The highest BCUT2D eigenvalue weighted by Gasteiger charge is 2.34. The lowest BCUT2D eigenvalue weighted by molar-refractivity contribution is -0.146. The molecule has 2 aromatic carbocycles. The molecule has 0 radical (unpaired) electrons. The number of rotatable bonds is 7. The number of alkyl halides is 3. The highest BCUT2D eigenvalue weighted by Crippen LogP contribution is 2.36. The maximum atomic E-state index is 13.0. The number of carbonyl (C=O) groups excluding carboxylic acids is 2. The van der Waals surface area contributed by atoms with Crippen molar-refractivity contribution in [1.82, 2.24) is 4.72 Å². The minimum atomic E-state index is -4.77. The van der Waals surface area contributed by atoms with Gasteiger partial charge in [0.2, 0.25) is 10.0 Å². The minimum Gasteiger partial charge on any atom is -0.455 e. The summed E-state index contributed by atoms with van der Waals surface area (Å²) in [4.78, 5) is 23.4. The lowest BCUT2D eigenvalue weighted by Crippen LogP contribution is -2.32. The van der Waals surface area contributed by atoms with E-state index in [-0.39, 0.29) is 9.92 Å². The quantitative estimate of drug-likeness (QED) is 0.613. The van der Waals surface area contributed by atoms with Crippen LogP contribution in [0.25, 0.3) is 0 Å². The molecule has 0 aliphatic carbocycles. The number of nitrogens with one attached hydrogen (secondary N) is 2. The second-order valence-electron chi connectivity index (χ2n) is 6.03. The van der Waals surface area contributed by atoms with Crippen LogP contribution in [0.4, 0.5) is 18.9 Å². The molecule has 0 atom stereocenters. The normalized spacial score (nSPS) is 11.8. The fourth-order valence-electron chi connectivity index (χ4n) is 2.20. The Bertz CT molecular complexity index is 1040. The van der Waals surface area contributed by atoms with E-state index in [0.717, 1.165) is 17.7 Å². The third kappa shape index (κ3) is 6.71. The van der Waals surface area contributed by atoms with Crippen molar-refractivity contribution in [1.29, 1.82) is 0 Å². The Hall–Kier alpha value is -2.63. The first-order chi connectivity index (χ1) is 13.9. The van der Waals surface area contributed by atoms with Crippen LogP contribution in [0.1, 0.15) is 11.1 Å². The number of hydrogen-bond donors (Lipinski definition) is 2. The van der Waals surface area contributed by atoms with Gasteiger partial charge in [-0.25, -0.2) is 8.42 Å². The van der Waals surface area contributed by atoms with E-state index >= 15 is 0 Å². The van der Waals surface area contributed by atoms with Gasteiger partial charge in [0, 0.05) is 5.02 Å². The lowest BCUT2D eigenvalue weighted by atomic mass is 10.1. The van der Waals surface area contributed by atoms with Crippen molar-refractivity contribution in [3.8, 4) is 0 Å². The van der Waals surface area contributed by atoms with Crippen molar-refractivity contribution in [3.05, 3.63) is 58.6 Å². The first-order valence-electron chi connectivity index (χ1n) is 8.27. The average molecular weight is 465 g/mol. The van der Waals surface area contributed by atoms with Crippen LogP contribution in [0, 0.1) is 6.92 Å². The van der Waals surface area contributed by atoms with E-state index in [1.807, 2.05) is 10.0 Å². The summed E-state index contributed by atoms with van der Waals surface area (Å²) in [5.74, 6) is -2.13. The molecule has 0 aliphatic heterocycles. The molecular formula is C18H16ClF3N2O5S. The standard InChI is InChI=1S/C18H16ClF3N2O5S/c1-11-2-5-13(6-3-11)30(27,28)23-9-17(26)29-10-16(25)24-15-7-4-12(19)8-14(15)18(20,21)22/h2-8,23H,9-10H2,1H3,(H,24,25). The van der Waals surface area contributed by atoms with E-state index in [1.165, 1.54) is 12.1 Å². The fraction of sp³-hybridized carbons (Fsp3) is 0.222. The third-order valence-electron chi connectivity index (χ3n) is 3.66. The first-order valence-corrected chi connectivity index (χ1v) is 10.1. The number of halogens is 4. The Morgan fingerprint density at radius 2 is 1.73 bits per heavy atom. The zero-order valence-electron chi connectivity index (χ0n) is 15.4. The number of benzene rings is 2. The van der Waals surface area contributed by atoms with Gasteiger partial charge in [-0.1, -0.05) is 29.3 Å². The number of ether oxygens (including phenoxy) is 1. The van der Waals surface area contributed by atoms with Crippen LogP contribution >= 0.6 is 11.6 Å². The molecule has 0 aliphatic rings. The SMILES string of the molecule is Cc1ccc(S(=O)(=O)NCC(=O)OCC(=O)Nc2ccc(Cl)cc2C(F)(F)F)cc1. The highest BCUT2D eigenvalue weighted by atomic mass is 35.5. The molecule has 12 heteroatoms. The molecule has 7 nitrogen and oxygen atoms in total. The summed E-state index contributed by atoms with van der Waals surface area (Å²) in [6, 6.07) is 8.59. The number of sulfonamides is 1. The number of esters is 1. The number of aryl methyl sites for hydroxylation is 1. The highest BCUT2D eigenvalue weighted by molar-refractivity contribution is 7.89. The van der Waals surface area contributed by atoms with Crippen molar-refractivity contribution in [3.63, 3.8) is 0 Å². The molecule has 0 unspecified atom stereocenters. The zero-order valence-corrected chi connectivity index (χ0v) is 17.0. The predicted molar refractivity (Wildman–Crippen MR) is 102 cm³/mol. The molecule has 0 bridgehead atoms. The second kappa shape index (κ2) is 9.45. The van der Waals surface area contributed by atoms with Gasteiger partial charge in [-0.05, 0) is 37.3 Å². The summed E-state index contributed by atoms with van der Waals surface area (Å²) in [5, 5.41) is 1.80. The maximum absolute atomic E-state index is 13.0. The summed E-state index contributed by atoms with van der Waals surface area (Å²) in [5.41, 5.74) is -0.887. The lowest BCUT2D eigenvalue weighted by Gasteiger charge is -2.14. The number of amides is 1. The number of carbonyl (C=O) groups is 2. The van der Waals surface area contributed by atoms with Gasteiger partial charge in [0.1, 0.15) is 6.54 Å². The molecule has 2 rings (SSSR count). The molecule has 0 spiro atoms. The van der Waals surface area contributed by atoms with Gasteiger partial charge in [-0.2, -0.15) is 17.9 Å². The van der Waals surface area contributed by atoms with Gasteiger partial charge in [-0.3, -0.25) is 9.59 Å². The molecule has 1 amide bonds. The topological polar surface area (TPSA) is 102 Å². The zero-order chi connectivity index (χ0) is 22.5. The summed E-state index contributed by atoms with van der Waals surface area (Å²) < 4.78 is 69.8. The molecule has 2 N–H and O–H groups in total. The van der Waals surface area contributed by atoms with Gasteiger partial charge >= 0.3 is 12.1 Å². The van der Waals surface area contributed by atoms with E-state index in [0.29, 0.717) is 6.07 Å². The van der Waals surface area contributed by atoms with Crippen molar-refractivity contribution >= 4 is 39.2 Å². The Morgan fingerprint density at radius 3 is 2.33 bits per heavy atom. The maximum Gasteiger partial charge on any atom is 0.418 e. The van der Waals surface area contributed by atoms with E-state index in [1.54, 1.807) is 19.1 Å². The molecule has 0 saturated heterocycles. The van der Waals surface area contributed by atoms with Gasteiger partial charge in [-0.15, -0.1) is 0 Å². The number of anilines is 1. The molecule has 2 aromatic rings. The Labute approximate surface area is 175 Å². The van der Waals surface area contributed by atoms with Gasteiger partial charge in [0.25, 0.3) is 5.91 Å². The Morgan fingerprint density at radius 1 is 1.10 bits per heavy atom. The van der Waals surface area contributed by atoms with Crippen LogP contribution in [-0.2, 0) is 30.5 Å².